The van der Waals surface area contributed by atoms with Crippen molar-refractivity contribution in [2.24, 2.45) is 0 Å². The SMILES string of the molecule is O=c1cc(-c2ccc(O[C@H]3O[C@@H](CO)[C@H](O)[C@H](O)[C@@H]3O)cc2)oc2cc(O)cc(O)c12. The van der Waals surface area contributed by atoms with Crippen LogP contribution in [0.4, 0.5) is 0 Å². The van der Waals surface area contributed by atoms with E-state index < -0.39 is 48.5 Å². The Morgan fingerprint density at radius 2 is 1.65 bits per heavy atom. The van der Waals surface area contributed by atoms with E-state index in [0.29, 0.717) is 5.56 Å². The molecule has 164 valence electrons. The lowest BCUT2D eigenvalue weighted by Crippen LogP contribution is -2.60. The number of hydrogen-bond acceptors (Lipinski definition) is 10. The van der Waals surface area contributed by atoms with Gasteiger partial charge in [0.15, 0.2) is 5.43 Å². The quantitative estimate of drug-likeness (QED) is 0.331. The number of rotatable bonds is 4. The Kier molecular flexibility index (Phi) is 5.56. The first-order valence-corrected chi connectivity index (χ1v) is 9.36. The van der Waals surface area contributed by atoms with Crippen LogP contribution in [0.25, 0.3) is 22.3 Å². The number of fused-ring (bicyclic) bond motifs is 1. The van der Waals surface area contributed by atoms with Crippen LogP contribution in [0.1, 0.15) is 0 Å². The van der Waals surface area contributed by atoms with Gasteiger partial charge in [-0.3, -0.25) is 4.79 Å². The first-order chi connectivity index (χ1) is 14.8. The maximum atomic E-state index is 12.4. The lowest BCUT2D eigenvalue weighted by Gasteiger charge is -2.39. The maximum Gasteiger partial charge on any atom is 0.229 e. The summed E-state index contributed by atoms with van der Waals surface area (Å²) in [6, 6.07) is 9.59. The summed E-state index contributed by atoms with van der Waals surface area (Å²) in [5.74, 6) is -0.222. The van der Waals surface area contributed by atoms with Crippen molar-refractivity contribution < 1.29 is 44.5 Å². The van der Waals surface area contributed by atoms with Crippen molar-refractivity contribution in [3.05, 3.63) is 52.7 Å². The molecule has 1 aliphatic rings. The lowest BCUT2D eigenvalue weighted by molar-refractivity contribution is -0.277. The molecule has 0 radical (unpaired) electrons. The minimum absolute atomic E-state index is 0.0154. The first-order valence-electron chi connectivity index (χ1n) is 9.36. The molecular formula is C21H20O10. The van der Waals surface area contributed by atoms with Crippen molar-refractivity contribution in [1.29, 1.82) is 0 Å². The number of hydrogen-bond donors (Lipinski definition) is 6. The molecule has 1 aromatic heterocycles. The predicted molar refractivity (Wildman–Crippen MR) is 106 cm³/mol. The summed E-state index contributed by atoms with van der Waals surface area (Å²) in [4.78, 5) is 12.4. The van der Waals surface area contributed by atoms with Gasteiger partial charge in [0.25, 0.3) is 0 Å². The highest BCUT2D eigenvalue weighted by Crippen LogP contribution is 2.31. The topological polar surface area (TPSA) is 170 Å². The zero-order valence-corrected chi connectivity index (χ0v) is 16.0. The standard InChI is InChI=1S/C21H20O10/c22-8-16-18(26)19(27)20(28)21(31-16)29-11-3-1-9(2-4-11)14-7-13(25)17-12(24)5-10(23)6-15(17)30-14/h1-7,16,18-24,26-28H,8H2/t16-,18-,19-,20-,21-/m0/s1. The molecule has 0 amide bonds. The molecule has 2 heterocycles. The summed E-state index contributed by atoms with van der Waals surface area (Å²) in [6.45, 7) is -0.574. The van der Waals surface area contributed by atoms with Gasteiger partial charge in [-0.05, 0) is 24.3 Å². The minimum Gasteiger partial charge on any atom is -0.508 e. The molecular weight excluding hydrogens is 412 g/mol. The fourth-order valence-electron chi connectivity index (χ4n) is 3.39. The van der Waals surface area contributed by atoms with E-state index in [1.54, 1.807) is 12.1 Å². The Bertz CT molecular complexity index is 1140. The zero-order chi connectivity index (χ0) is 22.3. The fourth-order valence-corrected chi connectivity index (χ4v) is 3.39. The van der Waals surface area contributed by atoms with Crippen molar-refractivity contribution in [3.8, 4) is 28.6 Å². The van der Waals surface area contributed by atoms with Crippen molar-refractivity contribution >= 4 is 11.0 Å². The molecule has 0 bridgehead atoms. The number of ether oxygens (including phenoxy) is 2. The highest BCUT2D eigenvalue weighted by Gasteiger charge is 2.44. The Morgan fingerprint density at radius 1 is 0.935 bits per heavy atom. The zero-order valence-electron chi connectivity index (χ0n) is 16.0. The van der Waals surface area contributed by atoms with Crippen LogP contribution in [0.2, 0.25) is 0 Å². The molecule has 0 saturated carbocycles. The Balaban J connectivity index is 1.58. The van der Waals surface area contributed by atoms with Crippen LogP contribution >= 0.6 is 0 Å². The van der Waals surface area contributed by atoms with E-state index in [2.05, 4.69) is 0 Å². The summed E-state index contributed by atoms with van der Waals surface area (Å²) in [5, 5.41) is 58.4. The molecule has 10 heteroatoms. The molecule has 4 rings (SSSR count). The highest BCUT2D eigenvalue weighted by atomic mass is 16.7. The first kappa shape index (κ1) is 21.1. The number of aromatic hydroxyl groups is 2. The predicted octanol–water partition coefficient (Wildman–Crippen LogP) is 0.0499. The Morgan fingerprint density at radius 3 is 2.32 bits per heavy atom. The molecule has 0 aliphatic carbocycles. The van der Waals surface area contributed by atoms with Crippen LogP contribution < -0.4 is 10.2 Å². The van der Waals surface area contributed by atoms with Crippen molar-refractivity contribution in [1.82, 2.24) is 0 Å². The molecule has 10 nitrogen and oxygen atoms in total. The van der Waals surface area contributed by atoms with E-state index >= 15 is 0 Å². The van der Waals surface area contributed by atoms with Gasteiger partial charge < -0.3 is 44.5 Å². The third kappa shape index (κ3) is 3.94. The fraction of sp³-hybridized carbons (Fsp3) is 0.286. The molecule has 1 fully saturated rings. The average Bonchev–Trinajstić information content (AvgIpc) is 2.73. The van der Waals surface area contributed by atoms with E-state index in [1.807, 2.05) is 0 Å². The number of aliphatic hydroxyl groups excluding tert-OH is 4. The summed E-state index contributed by atoms with van der Waals surface area (Å²) < 4.78 is 16.5. The summed E-state index contributed by atoms with van der Waals surface area (Å²) >= 11 is 0. The van der Waals surface area contributed by atoms with E-state index in [4.69, 9.17) is 13.9 Å². The van der Waals surface area contributed by atoms with E-state index in [1.165, 1.54) is 24.3 Å². The van der Waals surface area contributed by atoms with Gasteiger partial charge in [0.2, 0.25) is 6.29 Å². The number of benzene rings is 2. The summed E-state index contributed by atoms with van der Waals surface area (Å²) in [7, 11) is 0. The normalized spacial score (nSPS) is 26.1. The van der Waals surface area contributed by atoms with Crippen LogP contribution in [0.3, 0.4) is 0 Å². The van der Waals surface area contributed by atoms with Gasteiger partial charge in [0.05, 0.1) is 6.61 Å². The number of phenolic OH excluding ortho intramolecular Hbond substituents is 2. The molecule has 31 heavy (non-hydrogen) atoms. The third-order valence-corrected chi connectivity index (χ3v) is 5.03. The van der Waals surface area contributed by atoms with Gasteiger partial charge in [-0.15, -0.1) is 0 Å². The van der Waals surface area contributed by atoms with Gasteiger partial charge in [-0.25, -0.2) is 0 Å². The van der Waals surface area contributed by atoms with E-state index in [-0.39, 0.29) is 28.2 Å². The number of phenols is 2. The van der Waals surface area contributed by atoms with Crippen LogP contribution in [0.15, 0.2) is 51.7 Å². The highest BCUT2D eigenvalue weighted by molar-refractivity contribution is 5.86. The smallest absolute Gasteiger partial charge is 0.229 e. The van der Waals surface area contributed by atoms with Gasteiger partial charge in [0.1, 0.15) is 58.4 Å². The lowest BCUT2D eigenvalue weighted by atomic mass is 9.99. The molecule has 0 spiro atoms. The summed E-state index contributed by atoms with van der Waals surface area (Å²) in [5.41, 5.74) is 0.0139. The van der Waals surface area contributed by atoms with E-state index in [0.717, 1.165) is 6.07 Å². The minimum atomic E-state index is -1.56. The molecule has 3 aromatic rings. The van der Waals surface area contributed by atoms with Crippen molar-refractivity contribution in [2.75, 3.05) is 6.61 Å². The van der Waals surface area contributed by atoms with Crippen LogP contribution in [0, 0.1) is 0 Å². The largest absolute Gasteiger partial charge is 0.508 e. The maximum absolute atomic E-state index is 12.4. The molecule has 6 N–H and O–H groups in total. The third-order valence-electron chi connectivity index (χ3n) is 5.03. The van der Waals surface area contributed by atoms with Crippen LogP contribution in [-0.2, 0) is 4.74 Å². The van der Waals surface area contributed by atoms with Crippen LogP contribution in [0.5, 0.6) is 17.2 Å². The monoisotopic (exact) mass is 432 g/mol. The second kappa shape index (κ2) is 8.17. The second-order valence-electron chi connectivity index (χ2n) is 7.15. The molecule has 0 unspecified atom stereocenters. The number of aliphatic hydroxyl groups is 4. The van der Waals surface area contributed by atoms with Crippen molar-refractivity contribution in [3.63, 3.8) is 0 Å². The molecule has 1 aliphatic heterocycles. The van der Waals surface area contributed by atoms with Gasteiger partial charge >= 0.3 is 0 Å². The van der Waals surface area contributed by atoms with Gasteiger partial charge in [-0.2, -0.15) is 0 Å². The molecule has 1 saturated heterocycles. The summed E-state index contributed by atoms with van der Waals surface area (Å²) in [6.07, 6.45) is -7.02. The van der Waals surface area contributed by atoms with Crippen LogP contribution in [-0.4, -0.2) is 68.0 Å². The average molecular weight is 432 g/mol. The Labute approximate surface area is 174 Å². The van der Waals surface area contributed by atoms with Crippen molar-refractivity contribution in [2.45, 2.75) is 30.7 Å². The molecule has 5 atom stereocenters. The van der Waals surface area contributed by atoms with Gasteiger partial charge in [-0.1, -0.05) is 0 Å². The molecule has 2 aromatic carbocycles. The Hall–Kier alpha value is -3.15. The van der Waals surface area contributed by atoms with E-state index in [9.17, 15) is 35.4 Å². The van der Waals surface area contributed by atoms with Gasteiger partial charge in [0, 0.05) is 23.8 Å². The second-order valence-corrected chi connectivity index (χ2v) is 7.15.